The first kappa shape index (κ1) is 21.5. The van der Waals surface area contributed by atoms with E-state index in [1.807, 2.05) is 24.0 Å². The molecule has 5 rings (SSSR count). The van der Waals surface area contributed by atoms with E-state index in [2.05, 4.69) is 15.0 Å². The highest BCUT2D eigenvalue weighted by Gasteiger charge is 2.32. The highest BCUT2D eigenvalue weighted by Crippen LogP contribution is 2.33. The summed E-state index contributed by atoms with van der Waals surface area (Å²) in [6, 6.07) is 9.80. The van der Waals surface area contributed by atoms with Gasteiger partial charge >= 0.3 is 0 Å². The summed E-state index contributed by atoms with van der Waals surface area (Å²) in [5, 5.41) is 0. The summed E-state index contributed by atoms with van der Waals surface area (Å²) in [7, 11) is 0. The molecule has 0 N–H and O–H groups in total. The Kier molecular flexibility index (Phi) is 6.00. The van der Waals surface area contributed by atoms with E-state index in [0.717, 1.165) is 41.1 Å². The second-order valence-corrected chi connectivity index (χ2v) is 9.03. The summed E-state index contributed by atoms with van der Waals surface area (Å²) >= 11 is 1.51. The van der Waals surface area contributed by atoms with E-state index >= 15 is 0 Å². The normalized spacial score (nSPS) is 16.2. The number of aromatic nitrogens is 3. The van der Waals surface area contributed by atoms with Crippen LogP contribution in [0.1, 0.15) is 58.6 Å². The van der Waals surface area contributed by atoms with Gasteiger partial charge in [0.25, 0.3) is 5.91 Å². The van der Waals surface area contributed by atoms with Gasteiger partial charge in [-0.2, -0.15) is 0 Å². The van der Waals surface area contributed by atoms with Gasteiger partial charge in [-0.25, -0.2) is 14.4 Å². The van der Waals surface area contributed by atoms with Gasteiger partial charge in [-0.3, -0.25) is 9.78 Å². The van der Waals surface area contributed by atoms with E-state index in [-0.39, 0.29) is 17.8 Å². The van der Waals surface area contributed by atoms with Gasteiger partial charge in [0.05, 0.1) is 28.0 Å². The Balaban J connectivity index is 1.38. The minimum absolute atomic E-state index is 0.0598. The number of benzene rings is 1. The predicted molar refractivity (Wildman–Crippen MR) is 123 cm³/mol. The number of pyridine rings is 1. The van der Waals surface area contributed by atoms with Crippen LogP contribution in [0.4, 0.5) is 4.39 Å². The van der Waals surface area contributed by atoms with Crippen LogP contribution in [0.25, 0.3) is 10.6 Å². The number of hydrogen-bond donors (Lipinski definition) is 0. The number of halogens is 1. The highest BCUT2D eigenvalue weighted by atomic mass is 32.1. The van der Waals surface area contributed by atoms with Gasteiger partial charge in [0, 0.05) is 24.7 Å². The first-order valence-corrected chi connectivity index (χ1v) is 11.8. The second-order valence-electron chi connectivity index (χ2n) is 8.18. The number of hydrogen-bond acceptors (Lipinski definition) is 6. The molecule has 0 radical (unpaired) electrons. The molecule has 0 bridgehead atoms. The number of carbonyl (C=O) groups is 1. The number of oxazole rings is 1. The Morgan fingerprint density at radius 3 is 2.94 bits per heavy atom. The molecule has 4 heterocycles. The van der Waals surface area contributed by atoms with Crippen LogP contribution in [0.3, 0.4) is 0 Å². The molecule has 1 fully saturated rings. The molecular weight excluding hydrogens is 439 g/mol. The van der Waals surface area contributed by atoms with Gasteiger partial charge in [0.2, 0.25) is 5.89 Å². The molecule has 0 aliphatic carbocycles. The Morgan fingerprint density at radius 1 is 1.21 bits per heavy atom. The lowest BCUT2D eigenvalue weighted by atomic mass is 10.0. The molecule has 6 nitrogen and oxygen atoms in total. The summed E-state index contributed by atoms with van der Waals surface area (Å²) in [6.45, 7) is 2.58. The van der Waals surface area contributed by atoms with E-state index in [1.54, 1.807) is 30.0 Å². The van der Waals surface area contributed by atoms with Gasteiger partial charge < -0.3 is 9.32 Å². The van der Waals surface area contributed by atoms with Crippen molar-refractivity contribution in [3.05, 3.63) is 88.6 Å². The van der Waals surface area contributed by atoms with E-state index in [0.29, 0.717) is 30.2 Å². The largest absolute Gasteiger partial charge is 0.443 e. The van der Waals surface area contributed by atoms with Gasteiger partial charge in [0.15, 0.2) is 0 Å². The minimum atomic E-state index is -0.276. The first-order chi connectivity index (χ1) is 16.1. The standard InChI is InChI=1S/C25H23FN4O2S/c1-16-23(33-15-29-16)21-13-18(8-9-27-21)25(31)30-10-3-2-7-22(30)24-28-14-20(32-24)12-17-5-4-6-19(26)11-17/h4-6,8-9,11,13-15,22H,2-3,7,10,12H2,1H3/t22-/m0/s1. The smallest absolute Gasteiger partial charge is 0.254 e. The molecular formula is C25H23FN4O2S. The lowest BCUT2D eigenvalue weighted by Crippen LogP contribution is -2.38. The third-order valence-electron chi connectivity index (χ3n) is 5.87. The number of nitrogens with zero attached hydrogens (tertiary/aromatic N) is 4. The average molecular weight is 463 g/mol. The molecule has 1 aliphatic rings. The maximum absolute atomic E-state index is 13.5. The fourth-order valence-electron chi connectivity index (χ4n) is 4.24. The number of amides is 1. The van der Waals surface area contributed by atoms with Crippen LogP contribution in [0.5, 0.6) is 0 Å². The van der Waals surface area contributed by atoms with Crippen molar-refractivity contribution in [3.63, 3.8) is 0 Å². The molecule has 0 spiro atoms. The maximum Gasteiger partial charge on any atom is 0.254 e. The Labute approximate surface area is 195 Å². The van der Waals surface area contributed by atoms with Gasteiger partial charge in [0.1, 0.15) is 17.6 Å². The van der Waals surface area contributed by atoms with E-state index in [1.165, 1.54) is 23.5 Å². The van der Waals surface area contributed by atoms with Crippen LogP contribution < -0.4 is 0 Å². The monoisotopic (exact) mass is 462 g/mol. The zero-order valence-electron chi connectivity index (χ0n) is 18.2. The summed E-state index contributed by atoms with van der Waals surface area (Å²) in [5.74, 6) is 0.847. The highest BCUT2D eigenvalue weighted by molar-refractivity contribution is 7.13. The van der Waals surface area contributed by atoms with Crippen LogP contribution in [-0.4, -0.2) is 32.3 Å². The molecule has 1 aromatic carbocycles. The molecule has 1 amide bonds. The minimum Gasteiger partial charge on any atom is -0.443 e. The molecule has 4 aromatic rings. The van der Waals surface area contributed by atoms with Crippen LogP contribution >= 0.6 is 11.3 Å². The molecule has 8 heteroatoms. The molecule has 168 valence electrons. The molecule has 1 saturated heterocycles. The Morgan fingerprint density at radius 2 is 2.12 bits per heavy atom. The fourth-order valence-corrected chi connectivity index (χ4v) is 5.01. The summed E-state index contributed by atoms with van der Waals surface area (Å²) < 4.78 is 19.5. The van der Waals surface area contributed by atoms with Crippen LogP contribution in [0.2, 0.25) is 0 Å². The zero-order chi connectivity index (χ0) is 22.8. The summed E-state index contributed by atoms with van der Waals surface area (Å²) in [4.78, 5) is 29.5. The average Bonchev–Trinajstić information content (AvgIpc) is 3.47. The molecule has 1 aliphatic heterocycles. The SMILES string of the molecule is Cc1ncsc1-c1cc(C(=O)N2CCCC[C@H]2c2ncc(Cc3cccc(F)c3)o2)ccn1. The van der Waals surface area contributed by atoms with Crippen molar-refractivity contribution < 1.29 is 13.6 Å². The number of rotatable bonds is 5. The lowest BCUT2D eigenvalue weighted by molar-refractivity contribution is 0.0570. The van der Waals surface area contributed by atoms with Crippen molar-refractivity contribution in [1.29, 1.82) is 0 Å². The molecule has 0 unspecified atom stereocenters. The van der Waals surface area contributed by atoms with E-state index < -0.39 is 0 Å². The Hall–Kier alpha value is -3.39. The van der Waals surface area contributed by atoms with Crippen LogP contribution in [0.15, 0.2) is 58.7 Å². The van der Waals surface area contributed by atoms with Crippen molar-refractivity contribution in [2.75, 3.05) is 6.54 Å². The van der Waals surface area contributed by atoms with Crippen LogP contribution in [0, 0.1) is 12.7 Å². The summed E-state index contributed by atoms with van der Waals surface area (Å²) in [5.41, 5.74) is 4.84. The van der Waals surface area contributed by atoms with Crippen molar-refractivity contribution >= 4 is 17.2 Å². The fraction of sp³-hybridized carbons (Fsp3) is 0.280. The topological polar surface area (TPSA) is 72.1 Å². The maximum atomic E-state index is 13.5. The van der Waals surface area contributed by atoms with Gasteiger partial charge in [-0.1, -0.05) is 12.1 Å². The van der Waals surface area contributed by atoms with Crippen molar-refractivity contribution in [2.24, 2.45) is 0 Å². The van der Waals surface area contributed by atoms with Crippen molar-refractivity contribution in [1.82, 2.24) is 19.9 Å². The molecule has 1 atom stereocenters. The van der Waals surface area contributed by atoms with E-state index in [9.17, 15) is 9.18 Å². The molecule has 3 aromatic heterocycles. The number of thiazole rings is 1. The number of likely N-dealkylation sites (tertiary alicyclic amines) is 1. The Bertz CT molecular complexity index is 1280. The van der Waals surface area contributed by atoms with Gasteiger partial charge in [-0.05, 0) is 56.0 Å². The first-order valence-electron chi connectivity index (χ1n) is 10.9. The van der Waals surface area contributed by atoms with Crippen molar-refractivity contribution in [3.8, 4) is 10.6 Å². The summed E-state index contributed by atoms with van der Waals surface area (Å²) in [6.07, 6.45) is 6.52. The predicted octanol–water partition coefficient (Wildman–Crippen LogP) is 5.60. The number of piperidine rings is 1. The second kappa shape index (κ2) is 9.23. The third-order valence-corrected chi connectivity index (χ3v) is 6.82. The van der Waals surface area contributed by atoms with Crippen molar-refractivity contribution in [2.45, 2.75) is 38.6 Å². The lowest BCUT2D eigenvalue weighted by Gasteiger charge is -2.33. The third kappa shape index (κ3) is 4.57. The zero-order valence-corrected chi connectivity index (χ0v) is 19.0. The number of aryl methyl sites for hydroxylation is 1. The van der Waals surface area contributed by atoms with E-state index in [4.69, 9.17) is 4.42 Å². The molecule has 0 saturated carbocycles. The molecule has 33 heavy (non-hydrogen) atoms. The number of carbonyl (C=O) groups excluding carboxylic acids is 1. The van der Waals surface area contributed by atoms with Crippen LogP contribution in [-0.2, 0) is 6.42 Å². The quantitative estimate of drug-likeness (QED) is 0.386. The van der Waals surface area contributed by atoms with Gasteiger partial charge in [-0.15, -0.1) is 11.3 Å².